The normalized spacial score (nSPS) is 18.0. The second-order valence-electron chi connectivity index (χ2n) is 6.19. The third kappa shape index (κ3) is 4.30. The number of benzene rings is 1. The zero-order valence-electron chi connectivity index (χ0n) is 13.4. The van der Waals surface area contributed by atoms with E-state index in [1.54, 1.807) is 0 Å². The van der Waals surface area contributed by atoms with E-state index in [-0.39, 0.29) is 6.61 Å². The highest BCUT2D eigenvalue weighted by atomic mass is 16.5. The minimum absolute atomic E-state index is 0.247. The van der Waals surface area contributed by atoms with Crippen LogP contribution in [-0.4, -0.2) is 52.5 Å². The number of aliphatic hydroxyl groups excluding tert-OH is 1. The molecule has 1 aromatic heterocycles. The van der Waals surface area contributed by atoms with Crippen molar-refractivity contribution in [3.63, 3.8) is 0 Å². The lowest BCUT2D eigenvalue weighted by Gasteiger charge is -2.31. The van der Waals surface area contributed by atoms with Crippen molar-refractivity contribution in [2.75, 3.05) is 26.2 Å². The number of β-amino-alcohol motifs (C(OH)–C–C–N with tert-alkyl or cyclic N) is 1. The molecule has 1 aliphatic rings. The molecule has 2 aromatic rings. The molecule has 0 radical (unpaired) electrons. The first kappa shape index (κ1) is 16.0. The van der Waals surface area contributed by atoms with Gasteiger partial charge in [-0.2, -0.15) is 0 Å². The minimum Gasteiger partial charge on any atom is -0.490 e. The number of piperidine rings is 1. The van der Waals surface area contributed by atoms with Crippen LogP contribution >= 0.6 is 0 Å². The quantitative estimate of drug-likeness (QED) is 0.881. The van der Waals surface area contributed by atoms with Crippen molar-refractivity contribution < 1.29 is 14.3 Å². The monoisotopic (exact) mass is 317 g/mol. The zero-order valence-corrected chi connectivity index (χ0v) is 13.4. The molecular formula is C17H23N3O3. The summed E-state index contributed by atoms with van der Waals surface area (Å²) in [6, 6.07) is 7.47. The van der Waals surface area contributed by atoms with Crippen molar-refractivity contribution in [1.29, 1.82) is 0 Å². The van der Waals surface area contributed by atoms with Gasteiger partial charge in [-0.3, -0.25) is 0 Å². The van der Waals surface area contributed by atoms with E-state index >= 15 is 0 Å². The van der Waals surface area contributed by atoms with E-state index in [4.69, 9.17) is 9.15 Å². The molecule has 1 aromatic carbocycles. The van der Waals surface area contributed by atoms with E-state index in [1.807, 2.05) is 24.3 Å². The van der Waals surface area contributed by atoms with Gasteiger partial charge in [-0.25, -0.2) is 0 Å². The first-order chi connectivity index (χ1) is 11.2. The van der Waals surface area contributed by atoms with Crippen LogP contribution in [0.25, 0.3) is 11.5 Å². The van der Waals surface area contributed by atoms with Crippen LogP contribution in [0.2, 0.25) is 0 Å². The topological polar surface area (TPSA) is 71.6 Å². The molecule has 23 heavy (non-hydrogen) atoms. The van der Waals surface area contributed by atoms with Crippen LogP contribution < -0.4 is 4.74 Å². The number of likely N-dealkylation sites (tertiary alicyclic amines) is 1. The summed E-state index contributed by atoms with van der Waals surface area (Å²) in [4.78, 5) is 2.30. The van der Waals surface area contributed by atoms with Crippen LogP contribution in [0.15, 0.2) is 35.1 Å². The molecule has 2 heterocycles. The number of rotatable bonds is 6. The fourth-order valence-corrected chi connectivity index (χ4v) is 2.84. The summed E-state index contributed by atoms with van der Waals surface area (Å²) < 4.78 is 11.0. The van der Waals surface area contributed by atoms with Crippen molar-refractivity contribution in [2.45, 2.75) is 25.9 Å². The van der Waals surface area contributed by atoms with Crippen LogP contribution in [0.5, 0.6) is 5.75 Å². The standard InChI is InChI=1S/C17H23N3O3/c1-13-6-8-20(9-7-13)10-14(21)11-22-16-5-3-2-4-15(16)17-19-18-12-23-17/h2-5,12-14,21H,6-11H2,1H3/t14-/m1/s1. The second kappa shape index (κ2) is 7.57. The van der Waals surface area contributed by atoms with Gasteiger partial charge in [-0.15, -0.1) is 10.2 Å². The summed E-state index contributed by atoms with van der Waals surface area (Å²) in [5, 5.41) is 17.8. The van der Waals surface area contributed by atoms with Crippen LogP contribution in [0.4, 0.5) is 0 Å². The molecule has 0 saturated carbocycles. The summed E-state index contributed by atoms with van der Waals surface area (Å²) in [6.07, 6.45) is 3.18. The smallest absolute Gasteiger partial charge is 0.251 e. The predicted molar refractivity (Wildman–Crippen MR) is 86.1 cm³/mol. The third-order valence-electron chi connectivity index (χ3n) is 4.25. The van der Waals surface area contributed by atoms with E-state index in [0.29, 0.717) is 18.2 Å². The fraction of sp³-hybridized carbons (Fsp3) is 0.529. The predicted octanol–water partition coefficient (Wildman–Crippen LogP) is 2.21. The summed E-state index contributed by atoms with van der Waals surface area (Å²) in [6.45, 7) is 5.28. The molecule has 6 heteroatoms. The lowest BCUT2D eigenvalue weighted by Crippen LogP contribution is -2.40. The van der Waals surface area contributed by atoms with Crippen molar-refractivity contribution in [1.82, 2.24) is 15.1 Å². The van der Waals surface area contributed by atoms with Crippen molar-refractivity contribution in [2.24, 2.45) is 5.92 Å². The van der Waals surface area contributed by atoms with Crippen LogP contribution in [0, 0.1) is 5.92 Å². The molecule has 124 valence electrons. The molecule has 0 unspecified atom stereocenters. The Morgan fingerprint density at radius 2 is 2.13 bits per heavy atom. The third-order valence-corrected chi connectivity index (χ3v) is 4.25. The number of para-hydroxylation sites is 1. The SMILES string of the molecule is CC1CCN(C[C@@H](O)COc2ccccc2-c2nnco2)CC1. The van der Waals surface area contributed by atoms with Gasteiger partial charge in [0.1, 0.15) is 18.5 Å². The zero-order chi connectivity index (χ0) is 16.1. The van der Waals surface area contributed by atoms with Gasteiger partial charge in [0, 0.05) is 6.54 Å². The first-order valence-corrected chi connectivity index (χ1v) is 8.11. The number of hydrogen-bond donors (Lipinski definition) is 1. The Morgan fingerprint density at radius 3 is 2.87 bits per heavy atom. The molecule has 0 aliphatic carbocycles. The molecule has 0 spiro atoms. The highest BCUT2D eigenvalue weighted by Gasteiger charge is 2.19. The highest BCUT2D eigenvalue weighted by molar-refractivity contribution is 5.61. The maximum Gasteiger partial charge on any atom is 0.251 e. The molecule has 0 amide bonds. The minimum atomic E-state index is -0.515. The molecule has 1 atom stereocenters. The molecule has 6 nitrogen and oxygen atoms in total. The Kier molecular flexibility index (Phi) is 5.25. The summed E-state index contributed by atoms with van der Waals surface area (Å²) in [7, 11) is 0. The summed E-state index contributed by atoms with van der Waals surface area (Å²) >= 11 is 0. The number of aliphatic hydroxyl groups is 1. The molecular weight excluding hydrogens is 294 g/mol. The highest BCUT2D eigenvalue weighted by Crippen LogP contribution is 2.28. The van der Waals surface area contributed by atoms with E-state index in [0.717, 1.165) is 24.6 Å². The summed E-state index contributed by atoms with van der Waals surface area (Å²) in [5.41, 5.74) is 0.740. The average Bonchev–Trinajstić information content (AvgIpc) is 3.10. The van der Waals surface area contributed by atoms with Crippen molar-refractivity contribution >= 4 is 0 Å². The van der Waals surface area contributed by atoms with Crippen molar-refractivity contribution in [3.05, 3.63) is 30.7 Å². The van der Waals surface area contributed by atoms with Crippen LogP contribution in [0.1, 0.15) is 19.8 Å². The number of aromatic nitrogens is 2. The van der Waals surface area contributed by atoms with Gasteiger partial charge in [-0.1, -0.05) is 19.1 Å². The molecule has 1 N–H and O–H groups in total. The Hall–Kier alpha value is -1.92. The van der Waals surface area contributed by atoms with Gasteiger partial charge in [-0.05, 0) is 44.0 Å². The molecule has 1 saturated heterocycles. The van der Waals surface area contributed by atoms with Gasteiger partial charge in [0.2, 0.25) is 6.39 Å². The summed E-state index contributed by atoms with van der Waals surface area (Å²) in [5.74, 6) is 1.85. The van der Waals surface area contributed by atoms with Gasteiger partial charge < -0.3 is 19.2 Å². The van der Waals surface area contributed by atoms with Crippen LogP contribution in [0.3, 0.4) is 0 Å². The largest absolute Gasteiger partial charge is 0.490 e. The van der Waals surface area contributed by atoms with Crippen LogP contribution in [-0.2, 0) is 0 Å². The fourth-order valence-electron chi connectivity index (χ4n) is 2.84. The Balaban J connectivity index is 1.54. The second-order valence-corrected chi connectivity index (χ2v) is 6.19. The van der Waals surface area contributed by atoms with E-state index in [2.05, 4.69) is 22.0 Å². The van der Waals surface area contributed by atoms with E-state index in [9.17, 15) is 5.11 Å². The van der Waals surface area contributed by atoms with Gasteiger partial charge in [0.15, 0.2) is 0 Å². The Bertz CT molecular complexity index is 595. The molecule has 3 rings (SSSR count). The Labute approximate surface area is 136 Å². The molecule has 1 fully saturated rings. The van der Waals surface area contributed by atoms with E-state index < -0.39 is 6.10 Å². The maximum absolute atomic E-state index is 10.2. The maximum atomic E-state index is 10.2. The van der Waals surface area contributed by atoms with Gasteiger partial charge in [0.25, 0.3) is 5.89 Å². The number of hydrogen-bond acceptors (Lipinski definition) is 6. The lowest BCUT2D eigenvalue weighted by molar-refractivity contribution is 0.0564. The van der Waals surface area contributed by atoms with Gasteiger partial charge >= 0.3 is 0 Å². The van der Waals surface area contributed by atoms with Gasteiger partial charge in [0.05, 0.1) is 5.56 Å². The lowest BCUT2D eigenvalue weighted by atomic mass is 9.99. The Morgan fingerprint density at radius 1 is 1.35 bits per heavy atom. The van der Waals surface area contributed by atoms with Crippen molar-refractivity contribution in [3.8, 4) is 17.2 Å². The first-order valence-electron chi connectivity index (χ1n) is 8.11. The number of nitrogens with zero attached hydrogens (tertiary/aromatic N) is 3. The average molecular weight is 317 g/mol. The molecule has 1 aliphatic heterocycles. The molecule has 0 bridgehead atoms. The number of ether oxygens (including phenoxy) is 1. The van der Waals surface area contributed by atoms with E-state index in [1.165, 1.54) is 19.2 Å².